The van der Waals surface area contributed by atoms with Crippen LogP contribution in [0.1, 0.15) is 12.2 Å². The van der Waals surface area contributed by atoms with Gasteiger partial charge in [-0.2, -0.15) is 0 Å². The van der Waals surface area contributed by atoms with E-state index in [1.807, 2.05) is 0 Å². The van der Waals surface area contributed by atoms with Crippen LogP contribution < -0.4 is 0 Å². The Morgan fingerprint density at radius 3 is 3.00 bits per heavy atom. The van der Waals surface area contributed by atoms with Gasteiger partial charge in [0.05, 0.1) is 17.3 Å². The summed E-state index contributed by atoms with van der Waals surface area (Å²) in [7, 11) is 0. The fourth-order valence-electron chi connectivity index (χ4n) is 0.874. The van der Waals surface area contributed by atoms with Gasteiger partial charge in [0.25, 0.3) is 0 Å². The monoisotopic (exact) mass is 169 g/mol. The van der Waals surface area contributed by atoms with Gasteiger partial charge in [-0.15, -0.1) is 0 Å². The summed E-state index contributed by atoms with van der Waals surface area (Å²) in [5.41, 5.74) is -0.0585. The second kappa shape index (κ2) is 3.66. The van der Waals surface area contributed by atoms with Crippen LogP contribution in [0.4, 0.5) is 5.69 Å². The van der Waals surface area contributed by atoms with Crippen LogP contribution in [0.15, 0.2) is 16.7 Å². The standard InChI is InChI=1S/C7H7NO4/c9-4-1-2-7-6(8(10)11)3-5-12-7/h3-5H,1-2H2. The van der Waals surface area contributed by atoms with E-state index in [1.165, 1.54) is 12.3 Å². The maximum Gasteiger partial charge on any atom is 0.310 e. The van der Waals surface area contributed by atoms with E-state index in [0.29, 0.717) is 6.29 Å². The van der Waals surface area contributed by atoms with Crippen LogP contribution >= 0.6 is 0 Å². The van der Waals surface area contributed by atoms with Gasteiger partial charge in [0.2, 0.25) is 0 Å². The average molecular weight is 169 g/mol. The second-order valence-corrected chi connectivity index (χ2v) is 2.19. The van der Waals surface area contributed by atoms with E-state index < -0.39 is 4.92 Å². The SMILES string of the molecule is O=CCCc1occc1[N+](=O)[O-]. The van der Waals surface area contributed by atoms with Crippen molar-refractivity contribution in [3.8, 4) is 0 Å². The molecule has 0 aromatic carbocycles. The minimum Gasteiger partial charge on any atom is -0.462 e. The van der Waals surface area contributed by atoms with Crippen LogP contribution in [0, 0.1) is 10.1 Å². The smallest absolute Gasteiger partial charge is 0.310 e. The number of carbonyl (C=O) groups is 1. The number of carbonyl (C=O) groups excluding carboxylic acids is 1. The van der Waals surface area contributed by atoms with Crippen LogP contribution in [-0.4, -0.2) is 11.2 Å². The van der Waals surface area contributed by atoms with E-state index in [-0.39, 0.29) is 24.3 Å². The summed E-state index contributed by atoms with van der Waals surface area (Å²) in [5.74, 6) is 0.257. The van der Waals surface area contributed by atoms with Crippen molar-refractivity contribution in [3.05, 3.63) is 28.2 Å². The minimum absolute atomic E-state index is 0.0585. The molecule has 5 nitrogen and oxygen atoms in total. The summed E-state index contributed by atoms with van der Waals surface area (Å²) >= 11 is 0. The second-order valence-electron chi connectivity index (χ2n) is 2.19. The lowest BCUT2D eigenvalue weighted by Gasteiger charge is -1.90. The van der Waals surface area contributed by atoms with Crippen molar-refractivity contribution in [3.63, 3.8) is 0 Å². The summed E-state index contributed by atoms with van der Waals surface area (Å²) in [6.07, 6.45) is 2.48. The molecule has 0 spiro atoms. The zero-order valence-electron chi connectivity index (χ0n) is 6.23. The summed E-state index contributed by atoms with van der Waals surface area (Å²) in [4.78, 5) is 19.7. The molecular formula is C7H7NO4. The molecule has 0 radical (unpaired) electrons. The molecule has 0 aliphatic heterocycles. The van der Waals surface area contributed by atoms with E-state index in [9.17, 15) is 14.9 Å². The van der Waals surface area contributed by atoms with E-state index in [0.717, 1.165) is 0 Å². The Hall–Kier alpha value is -1.65. The number of furan rings is 1. The molecule has 0 unspecified atom stereocenters. The lowest BCUT2D eigenvalue weighted by molar-refractivity contribution is -0.386. The highest BCUT2D eigenvalue weighted by Gasteiger charge is 2.15. The Bertz CT molecular complexity index is 291. The Morgan fingerprint density at radius 1 is 1.67 bits per heavy atom. The van der Waals surface area contributed by atoms with Crippen LogP contribution in [0.5, 0.6) is 0 Å². The highest BCUT2D eigenvalue weighted by atomic mass is 16.6. The van der Waals surface area contributed by atoms with Crippen molar-refractivity contribution >= 4 is 12.0 Å². The molecule has 0 atom stereocenters. The maximum absolute atomic E-state index is 10.3. The molecule has 0 amide bonds. The number of hydrogen-bond donors (Lipinski definition) is 0. The van der Waals surface area contributed by atoms with Gasteiger partial charge in [-0.25, -0.2) is 0 Å². The third-order valence-electron chi connectivity index (χ3n) is 1.41. The van der Waals surface area contributed by atoms with Gasteiger partial charge in [-0.05, 0) is 0 Å². The predicted octanol–water partition coefficient (Wildman–Crippen LogP) is 1.32. The molecule has 64 valence electrons. The van der Waals surface area contributed by atoms with Crippen molar-refractivity contribution in [1.29, 1.82) is 0 Å². The molecule has 0 bridgehead atoms. The highest BCUT2D eigenvalue weighted by molar-refractivity contribution is 5.50. The summed E-state index contributed by atoms with van der Waals surface area (Å²) < 4.78 is 4.83. The molecular weight excluding hydrogens is 162 g/mol. The van der Waals surface area contributed by atoms with E-state index in [4.69, 9.17) is 4.42 Å². The first-order valence-corrected chi connectivity index (χ1v) is 3.40. The Morgan fingerprint density at radius 2 is 2.42 bits per heavy atom. The summed E-state index contributed by atoms with van der Waals surface area (Å²) in [6, 6.07) is 1.28. The van der Waals surface area contributed by atoms with Gasteiger partial charge in [0.15, 0.2) is 5.76 Å². The minimum atomic E-state index is -0.524. The molecule has 1 aromatic heterocycles. The molecule has 0 aliphatic rings. The fraction of sp³-hybridized carbons (Fsp3) is 0.286. The largest absolute Gasteiger partial charge is 0.462 e. The Labute approximate surface area is 68.1 Å². The molecule has 1 heterocycles. The first-order valence-electron chi connectivity index (χ1n) is 3.40. The molecule has 12 heavy (non-hydrogen) atoms. The van der Waals surface area contributed by atoms with Crippen molar-refractivity contribution in [2.75, 3.05) is 0 Å². The van der Waals surface area contributed by atoms with Crippen LogP contribution in [0.3, 0.4) is 0 Å². The predicted molar refractivity (Wildman–Crippen MR) is 39.7 cm³/mol. The number of hydrogen-bond acceptors (Lipinski definition) is 4. The number of rotatable bonds is 4. The third-order valence-corrected chi connectivity index (χ3v) is 1.41. The average Bonchev–Trinajstić information content (AvgIpc) is 2.48. The third kappa shape index (κ3) is 1.69. The Balaban J connectivity index is 2.76. The van der Waals surface area contributed by atoms with Gasteiger partial charge in [0.1, 0.15) is 6.29 Å². The zero-order valence-corrected chi connectivity index (χ0v) is 6.23. The van der Waals surface area contributed by atoms with Crippen LogP contribution in [-0.2, 0) is 11.2 Å². The van der Waals surface area contributed by atoms with E-state index in [1.54, 1.807) is 0 Å². The van der Waals surface area contributed by atoms with Crippen molar-refractivity contribution in [1.82, 2.24) is 0 Å². The summed E-state index contributed by atoms with van der Waals surface area (Å²) in [5, 5.41) is 10.3. The first kappa shape index (κ1) is 8.45. The van der Waals surface area contributed by atoms with Crippen LogP contribution in [0.2, 0.25) is 0 Å². The lowest BCUT2D eigenvalue weighted by atomic mass is 10.2. The highest BCUT2D eigenvalue weighted by Crippen LogP contribution is 2.20. The molecule has 0 saturated heterocycles. The van der Waals surface area contributed by atoms with Crippen molar-refractivity contribution in [2.45, 2.75) is 12.8 Å². The topological polar surface area (TPSA) is 73.3 Å². The number of nitro groups is 1. The normalized spacial score (nSPS) is 9.67. The van der Waals surface area contributed by atoms with Gasteiger partial charge < -0.3 is 9.21 Å². The maximum atomic E-state index is 10.3. The molecule has 5 heteroatoms. The van der Waals surface area contributed by atoms with E-state index in [2.05, 4.69) is 0 Å². The van der Waals surface area contributed by atoms with Gasteiger partial charge in [-0.3, -0.25) is 10.1 Å². The van der Waals surface area contributed by atoms with E-state index >= 15 is 0 Å². The quantitative estimate of drug-likeness (QED) is 0.387. The van der Waals surface area contributed by atoms with Gasteiger partial charge in [-0.1, -0.05) is 0 Å². The fourth-order valence-corrected chi connectivity index (χ4v) is 0.874. The lowest BCUT2D eigenvalue weighted by Crippen LogP contribution is -1.91. The number of aryl methyl sites for hydroxylation is 1. The Kier molecular flexibility index (Phi) is 2.57. The van der Waals surface area contributed by atoms with Gasteiger partial charge in [0, 0.05) is 12.8 Å². The van der Waals surface area contributed by atoms with Crippen LogP contribution in [0.25, 0.3) is 0 Å². The molecule has 0 aliphatic carbocycles. The molecule has 0 fully saturated rings. The molecule has 1 aromatic rings. The van der Waals surface area contributed by atoms with Crippen molar-refractivity contribution in [2.24, 2.45) is 0 Å². The van der Waals surface area contributed by atoms with Gasteiger partial charge >= 0.3 is 5.69 Å². The zero-order chi connectivity index (χ0) is 8.97. The first-order chi connectivity index (χ1) is 5.75. The molecule has 0 saturated carbocycles. The molecule has 0 N–H and O–H groups in total. The number of aldehydes is 1. The van der Waals surface area contributed by atoms with Crippen molar-refractivity contribution < 1.29 is 14.1 Å². The number of nitrogens with zero attached hydrogens (tertiary/aromatic N) is 1. The summed E-state index contributed by atoms with van der Waals surface area (Å²) in [6.45, 7) is 0. The molecule has 1 rings (SSSR count).